The highest BCUT2D eigenvalue weighted by molar-refractivity contribution is 5.92. The number of nitrogens with one attached hydrogen (secondary N) is 1. The van der Waals surface area contributed by atoms with Gasteiger partial charge in [-0.05, 0) is 31.9 Å². The van der Waals surface area contributed by atoms with Crippen molar-refractivity contribution in [3.8, 4) is 0 Å². The van der Waals surface area contributed by atoms with E-state index in [0.29, 0.717) is 38.3 Å². The number of anilines is 1. The van der Waals surface area contributed by atoms with Gasteiger partial charge in [0.25, 0.3) is 0 Å². The molecule has 1 saturated heterocycles. The lowest BCUT2D eigenvalue weighted by Gasteiger charge is -2.36. The molecule has 0 bridgehead atoms. The molecular weight excluding hydrogens is 321 g/mol. The van der Waals surface area contributed by atoms with Crippen LogP contribution in [0.4, 0.5) is 10.1 Å². The van der Waals surface area contributed by atoms with Crippen molar-refractivity contribution in [3.63, 3.8) is 0 Å². The first-order valence-corrected chi connectivity index (χ1v) is 9.10. The zero-order chi connectivity index (χ0) is 18.0. The van der Waals surface area contributed by atoms with Gasteiger partial charge in [-0.3, -0.25) is 9.59 Å². The second-order valence-electron chi connectivity index (χ2n) is 7.03. The quantitative estimate of drug-likeness (QED) is 0.887. The van der Waals surface area contributed by atoms with E-state index in [1.54, 1.807) is 12.1 Å². The Morgan fingerprint density at radius 3 is 2.52 bits per heavy atom. The molecule has 2 amide bonds. The van der Waals surface area contributed by atoms with E-state index in [1.807, 2.05) is 29.7 Å². The zero-order valence-corrected chi connectivity index (χ0v) is 14.9. The highest BCUT2D eigenvalue weighted by Crippen LogP contribution is 2.40. The van der Waals surface area contributed by atoms with Crippen LogP contribution in [-0.2, 0) is 9.59 Å². The number of amides is 2. The van der Waals surface area contributed by atoms with Crippen LogP contribution in [0.2, 0.25) is 0 Å². The first kappa shape index (κ1) is 17.7. The van der Waals surface area contributed by atoms with Crippen LogP contribution >= 0.6 is 0 Å². The van der Waals surface area contributed by atoms with Crippen LogP contribution in [0.5, 0.6) is 0 Å². The highest BCUT2D eigenvalue weighted by atomic mass is 19.1. The molecule has 0 radical (unpaired) electrons. The van der Waals surface area contributed by atoms with E-state index >= 15 is 0 Å². The zero-order valence-electron chi connectivity index (χ0n) is 14.9. The van der Waals surface area contributed by atoms with Crippen molar-refractivity contribution in [2.45, 2.75) is 32.7 Å². The molecule has 3 rings (SSSR count). The minimum atomic E-state index is -0.230. The molecule has 0 aromatic heterocycles. The largest absolute Gasteiger partial charge is 0.366 e. The van der Waals surface area contributed by atoms with Crippen LogP contribution in [0.3, 0.4) is 0 Å². The maximum atomic E-state index is 13.9. The van der Waals surface area contributed by atoms with Gasteiger partial charge in [-0.25, -0.2) is 4.39 Å². The summed E-state index contributed by atoms with van der Waals surface area (Å²) in [5.74, 6) is -0.517. The Morgan fingerprint density at radius 1 is 1.20 bits per heavy atom. The summed E-state index contributed by atoms with van der Waals surface area (Å²) in [6.45, 7) is 6.37. The maximum absolute atomic E-state index is 13.9. The Labute approximate surface area is 148 Å². The van der Waals surface area contributed by atoms with Crippen molar-refractivity contribution in [2.75, 3.05) is 31.1 Å². The van der Waals surface area contributed by atoms with Crippen LogP contribution in [0.25, 0.3) is 0 Å². The van der Waals surface area contributed by atoms with E-state index in [0.717, 1.165) is 6.42 Å². The second kappa shape index (κ2) is 7.42. The van der Waals surface area contributed by atoms with Crippen molar-refractivity contribution in [3.05, 3.63) is 30.1 Å². The predicted octanol–water partition coefficient (Wildman–Crippen LogP) is 2.03. The van der Waals surface area contributed by atoms with E-state index in [2.05, 4.69) is 5.32 Å². The number of nitrogens with zero attached hydrogens (tertiary/aromatic N) is 2. The number of carbonyl (C=O) groups is 2. The third kappa shape index (κ3) is 3.94. The standard InChI is InChI=1S/C19H26FN3O2/c1-3-13(2)21-18(24)14-12-15(14)19(25)23-10-8-22(9-11-23)17-7-5-4-6-16(17)20/h4-7,13-15H,3,8-12H2,1-2H3,(H,21,24). The van der Waals surface area contributed by atoms with Gasteiger partial charge in [0.05, 0.1) is 17.5 Å². The number of rotatable bonds is 5. The minimum absolute atomic E-state index is 0.00214. The number of para-hydroxylation sites is 1. The van der Waals surface area contributed by atoms with Gasteiger partial charge in [-0.2, -0.15) is 0 Å². The molecule has 5 nitrogen and oxygen atoms in total. The molecule has 1 aliphatic carbocycles. The van der Waals surface area contributed by atoms with Gasteiger partial charge < -0.3 is 15.1 Å². The molecule has 2 fully saturated rings. The van der Waals surface area contributed by atoms with Gasteiger partial charge >= 0.3 is 0 Å². The van der Waals surface area contributed by atoms with Gasteiger partial charge in [0.15, 0.2) is 0 Å². The van der Waals surface area contributed by atoms with Crippen LogP contribution in [0.1, 0.15) is 26.7 Å². The van der Waals surface area contributed by atoms with E-state index < -0.39 is 0 Å². The average molecular weight is 347 g/mol. The monoisotopic (exact) mass is 347 g/mol. The molecule has 2 aliphatic rings. The lowest BCUT2D eigenvalue weighted by Crippen LogP contribution is -2.49. The van der Waals surface area contributed by atoms with Crippen LogP contribution in [-0.4, -0.2) is 48.9 Å². The third-order valence-corrected chi connectivity index (χ3v) is 5.23. The van der Waals surface area contributed by atoms with Crippen molar-refractivity contribution >= 4 is 17.5 Å². The van der Waals surface area contributed by atoms with Gasteiger partial charge in [-0.1, -0.05) is 19.1 Å². The van der Waals surface area contributed by atoms with E-state index in [-0.39, 0.29) is 35.5 Å². The van der Waals surface area contributed by atoms with Crippen molar-refractivity contribution in [1.29, 1.82) is 0 Å². The van der Waals surface area contributed by atoms with Crippen molar-refractivity contribution in [1.82, 2.24) is 10.2 Å². The number of halogens is 1. The maximum Gasteiger partial charge on any atom is 0.226 e. The number of benzene rings is 1. The SMILES string of the molecule is CCC(C)NC(=O)C1CC1C(=O)N1CCN(c2ccccc2F)CC1. The summed E-state index contributed by atoms with van der Waals surface area (Å²) in [7, 11) is 0. The first-order valence-electron chi connectivity index (χ1n) is 9.10. The number of hydrogen-bond acceptors (Lipinski definition) is 3. The Bertz CT molecular complexity index is 643. The summed E-state index contributed by atoms with van der Waals surface area (Å²) in [5.41, 5.74) is 0.590. The number of piperazine rings is 1. The van der Waals surface area contributed by atoms with Crippen LogP contribution in [0.15, 0.2) is 24.3 Å². The fourth-order valence-electron chi connectivity index (χ4n) is 3.32. The molecule has 6 heteroatoms. The fourth-order valence-corrected chi connectivity index (χ4v) is 3.32. The average Bonchev–Trinajstić information content (AvgIpc) is 3.42. The molecule has 0 spiro atoms. The van der Waals surface area contributed by atoms with Crippen molar-refractivity contribution in [2.24, 2.45) is 11.8 Å². The number of carbonyl (C=O) groups excluding carboxylic acids is 2. The predicted molar refractivity (Wildman–Crippen MR) is 94.7 cm³/mol. The van der Waals surface area contributed by atoms with Crippen LogP contribution < -0.4 is 10.2 Å². The second-order valence-corrected chi connectivity index (χ2v) is 7.03. The van der Waals surface area contributed by atoms with Gasteiger partial charge in [0, 0.05) is 32.2 Å². The summed E-state index contributed by atoms with van der Waals surface area (Å²) in [6, 6.07) is 6.87. The Balaban J connectivity index is 1.50. The summed E-state index contributed by atoms with van der Waals surface area (Å²) < 4.78 is 13.9. The van der Waals surface area contributed by atoms with E-state index in [4.69, 9.17) is 0 Å². The fraction of sp³-hybridized carbons (Fsp3) is 0.579. The Morgan fingerprint density at radius 2 is 1.88 bits per heavy atom. The molecular formula is C19H26FN3O2. The molecule has 1 aliphatic heterocycles. The third-order valence-electron chi connectivity index (χ3n) is 5.23. The lowest BCUT2D eigenvalue weighted by molar-refractivity contribution is -0.135. The molecule has 1 heterocycles. The van der Waals surface area contributed by atoms with Gasteiger partial charge in [-0.15, -0.1) is 0 Å². The Hall–Kier alpha value is -2.11. The highest BCUT2D eigenvalue weighted by Gasteiger charge is 2.49. The molecule has 3 atom stereocenters. The molecule has 1 aromatic rings. The van der Waals surface area contributed by atoms with Gasteiger partial charge in [0.1, 0.15) is 5.82 Å². The first-order chi connectivity index (χ1) is 12.0. The molecule has 25 heavy (non-hydrogen) atoms. The topological polar surface area (TPSA) is 52.7 Å². The van der Waals surface area contributed by atoms with E-state index in [1.165, 1.54) is 6.07 Å². The smallest absolute Gasteiger partial charge is 0.226 e. The summed E-state index contributed by atoms with van der Waals surface area (Å²) >= 11 is 0. The molecule has 1 aromatic carbocycles. The minimum Gasteiger partial charge on any atom is -0.366 e. The molecule has 3 unspecified atom stereocenters. The Kier molecular flexibility index (Phi) is 5.25. The number of hydrogen-bond donors (Lipinski definition) is 1. The van der Waals surface area contributed by atoms with Gasteiger partial charge in [0.2, 0.25) is 11.8 Å². The van der Waals surface area contributed by atoms with Crippen molar-refractivity contribution < 1.29 is 14.0 Å². The van der Waals surface area contributed by atoms with E-state index in [9.17, 15) is 14.0 Å². The van der Waals surface area contributed by atoms with Crippen LogP contribution in [0, 0.1) is 17.7 Å². The normalized spacial score (nSPS) is 24.0. The summed E-state index contributed by atoms with van der Waals surface area (Å²) in [4.78, 5) is 28.5. The summed E-state index contributed by atoms with van der Waals surface area (Å²) in [5, 5.41) is 2.95. The molecule has 1 N–H and O–H groups in total. The summed E-state index contributed by atoms with van der Waals surface area (Å²) in [6.07, 6.45) is 1.53. The molecule has 136 valence electrons. The molecule has 1 saturated carbocycles. The lowest BCUT2D eigenvalue weighted by atomic mass is 10.2.